The van der Waals surface area contributed by atoms with Crippen LogP contribution in [0.15, 0.2) is 34.7 Å². The molecule has 0 amide bonds. The predicted molar refractivity (Wildman–Crippen MR) is 87.9 cm³/mol. The summed E-state index contributed by atoms with van der Waals surface area (Å²) in [5, 5.41) is 3.30. The van der Waals surface area contributed by atoms with E-state index < -0.39 is 12.8 Å². The van der Waals surface area contributed by atoms with Crippen LogP contribution in [0.25, 0.3) is 0 Å². The number of benzene rings is 1. The summed E-state index contributed by atoms with van der Waals surface area (Å²) in [6.45, 7) is 5.12. The first-order valence-electron chi connectivity index (χ1n) is 8.03. The zero-order chi connectivity index (χ0) is 18.4. The van der Waals surface area contributed by atoms with Gasteiger partial charge in [0.2, 0.25) is 0 Å². The van der Waals surface area contributed by atoms with Crippen molar-refractivity contribution in [2.75, 3.05) is 13.2 Å². The van der Waals surface area contributed by atoms with Gasteiger partial charge in [-0.25, -0.2) is 0 Å². The third-order valence-corrected chi connectivity index (χ3v) is 3.50. The van der Waals surface area contributed by atoms with Crippen molar-refractivity contribution >= 4 is 0 Å². The fraction of sp³-hybridized carbons (Fsp3) is 0.444. The number of hydrogen-bond acceptors (Lipinski definition) is 4. The summed E-state index contributed by atoms with van der Waals surface area (Å²) < 4.78 is 52.8. The van der Waals surface area contributed by atoms with Crippen LogP contribution in [0.2, 0.25) is 0 Å². The topological polar surface area (TPSA) is 43.6 Å². The molecule has 1 N–H and O–H groups in total. The molecule has 0 fully saturated rings. The second kappa shape index (κ2) is 8.29. The molecule has 25 heavy (non-hydrogen) atoms. The van der Waals surface area contributed by atoms with E-state index in [0.717, 1.165) is 17.1 Å². The van der Waals surface area contributed by atoms with Crippen molar-refractivity contribution < 1.29 is 27.1 Å². The molecule has 2 aromatic rings. The summed E-state index contributed by atoms with van der Waals surface area (Å²) in [6.07, 6.45) is -4.39. The van der Waals surface area contributed by atoms with Gasteiger partial charge in [-0.15, -0.1) is 0 Å². The number of nitrogens with one attached hydrogen (secondary N) is 1. The lowest BCUT2D eigenvalue weighted by Gasteiger charge is -2.16. The van der Waals surface area contributed by atoms with Gasteiger partial charge in [-0.1, -0.05) is 6.07 Å². The number of alkyl halides is 3. The van der Waals surface area contributed by atoms with E-state index in [1.165, 1.54) is 6.07 Å². The van der Waals surface area contributed by atoms with Gasteiger partial charge in [0.05, 0.1) is 12.6 Å². The molecule has 0 saturated carbocycles. The van der Waals surface area contributed by atoms with Crippen molar-refractivity contribution in [3.05, 3.63) is 47.4 Å². The minimum atomic E-state index is -4.39. The highest BCUT2D eigenvalue weighted by molar-refractivity contribution is 5.43. The van der Waals surface area contributed by atoms with Gasteiger partial charge in [-0.3, -0.25) is 0 Å². The van der Waals surface area contributed by atoms with Crippen molar-refractivity contribution in [1.29, 1.82) is 0 Å². The van der Waals surface area contributed by atoms with Crippen LogP contribution in [0, 0.1) is 6.92 Å². The Bertz CT molecular complexity index is 682. The molecule has 2 rings (SSSR count). The number of furan rings is 1. The average molecular weight is 357 g/mol. The summed E-state index contributed by atoms with van der Waals surface area (Å²) in [5.41, 5.74) is 0.873. The lowest BCUT2D eigenvalue weighted by atomic mass is 10.1. The fourth-order valence-corrected chi connectivity index (χ4v) is 2.27. The second-order valence-corrected chi connectivity index (χ2v) is 5.67. The van der Waals surface area contributed by atoms with Gasteiger partial charge in [-0.2, -0.15) is 13.2 Å². The van der Waals surface area contributed by atoms with Gasteiger partial charge in [0.25, 0.3) is 0 Å². The molecule has 0 radical (unpaired) electrons. The van der Waals surface area contributed by atoms with E-state index in [0.29, 0.717) is 18.9 Å². The largest absolute Gasteiger partial charge is 0.490 e. The van der Waals surface area contributed by atoms with Crippen LogP contribution < -0.4 is 14.8 Å². The first-order valence-corrected chi connectivity index (χ1v) is 8.03. The highest BCUT2D eigenvalue weighted by atomic mass is 19.4. The molecule has 1 aromatic heterocycles. The smallest absolute Gasteiger partial charge is 0.422 e. The van der Waals surface area contributed by atoms with E-state index in [-0.39, 0.29) is 11.8 Å². The van der Waals surface area contributed by atoms with Gasteiger partial charge in [-0.05, 0) is 50.6 Å². The van der Waals surface area contributed by atoms with Gasteiger partial charge in [0.1, 0.15) is 11.5 Å². The van der Waals surface area contributed by atoms with Gasteiger partial charge >= 0.3 is 6.18 Å². The summed E-state index contributed by atoms with van der Waals surface area (Å²) in [4.78, 5) is 0. The first-order chi connectivity index (χ1) is 11.8. The maximum Gasteiger partial charge on any atom is 0.422 e. The molecule has 0 aliphatic rings. The van der Waals surface area contributed by atoms with Crippen molar-refractivity contribution in [1.82, 2.24) is 5.32 Å². The van der Waals surface area contributed by atoms with Crippen molar-refractivity contribution in [2.45, 2.75) is 39.5 Å². The van der Waals surface area contributed by atoms with Crippen molar-refractivity contribution in [2.24, 2.45) is 0 Å². The third-order valence-electron chi connectivity index (χ3n) is 3.50. The van der Waals surface area contributed by atoms with E-state index >= 15 is 0 Å². The number of aryl methyl sites for hydroxylation is 1. The van der Waals surface area contributed by atoms with E-state index in [2.05, 4.69) is 5.32 Å². The molecule has 4 nitrogen and oxygen atoms in total. The van der Waals surface area contributed by atoms with E-state index in [4.69, 9.17) is 13.9 Å². The fourth-order valence-electron chi connectivity index (χ4n) is 2.27. The summed E-state index contributed by atoms with van der Waals surface area (Å²) >= 11 is 0. The lowest BCUT2D eigenvalue weighted by molar-refractivity contribution is -0.153. The van der Waals surface area contributed by atoms with Crippen LogP contribution in [0.5, 0.6) is 11.5 Å². The SMILES string of the molecule is CCOc1cc(CNC(C)c2ccc(C)o2)ccc1OCC(F)(F)F. The van der Waals surface area contributed by atoms with E-state index in [1.54, 1.807) is 19.1 Å². The maximum absolute atomic E-state index is 12.3. The Balaban J connectivity index is 2.02. The highest BCUT2D eigenvalue weighted by Gasteiger charge is 2.29. The molecule has 1 unspecified atom stereocenters. The molecule has 0 aliphatic heterocycles. The number of rotatable bonds is 8. The van der Waals surface area contributed by atoms with Crippen LogP contribution in [0.4, 0.5) is 13.2 Å². The normalized spacial score (nSPS) is 12.9. The van der Waals surface area contributed by atoms with Gasteiger partial charge < -0.3 is 19.2 Å². The Morgan fingerprint density at radius 2 is 1.88 bits per heavy atom. The number of hydrogen-bond donors (Lipinski definition) is 1. The summed E-state index contributed by atoms with van der Waals surface area (Å²) in [6, 6.07) is 8.70. The Morgan fingerprint density at radius 1 is 1.12 bits per heavy atom. The quantitative estimate of drug-likeness (QED) is 0.738. The standard InChI is InChI=1S/C18H22F3NO3/c1-4-23-17-9-14(6-8-16(17)24-11-18(19,20)21)10-22-13(3)15-7-5-12(2)25-15/h5-9,13,22H,4,10-11H2,1-3H3. The molecule has 0 bridgehead atoms. The molecule has 7 heteroatoms. The Labute approximate surface area is 144 Å². The van der Waals surface area contributed by atoms with E-state index in [1.807, 2.05) is 26.0 Å². The summed E-state index contributed by atoms with van der Waals surface area (Å²) in [5.74, 6) is 2.05. The molecule has 0 aliphatic carbocycles. The monoisotopic (exact) mass is 357 g/mol. The van der Waals surface area contributed by atoms with Gasteiger partial charge in [0.15, 0.2) is 18.1 Å². The maximum atomic E-state index is 12.3. The molecule has 1 atom stereocenters. The molecular formula is C18H22F3NO3. The van der Waals surface area contributed by atoms with Gasteiger partial charge in [0, 0.05) is 6.54 Å². The highest BCUT2D eigenvalue weighted by Crippen LogP contribution is 2.30. The molecule has 1 aromatic carbocycles. The van der Waals surface area contributed by atoms with Crippen LogP contribution in [-0.2, 0) is 6.54 Å². The Morgan fingerprint density at radius 3 is 2.48 bits per heavy atom. The minimum absolute atomic E-state index is 0.00500. The van der Waals surface area contributed by atoms with Crippen molar-refractivity contribution in [3.63, 3.8) is 0 Å². The van der Waals surface area contributed by atoms with Crippen LogP contribution in [-0.4, -0.2) is 19.4 Å². The molecular weight excluding hydrogens is 335 g/mol. The van der Waals surface area contributed by atoms with Crippen LogP contribution >= 0.6 is 0 Å². The summed E-state index contributed by atoms with van der Waals surface area (Å²) in [7, 11) is 0. The third kappa shape index (κ3) is 6.01. The number of ether oxygens (including phenoxy) is 2. The van der Waals surface area contributed by atoms with Crippen LogP contribution in [0.1, 0.15) is 37.0 Å². The molecule has 1 heterocycles. The van der Waals surface area contributed by atoms with Crippen LogP contribution in [0.3, 0.4) is 0 Å². The second-order valence-electron chi connectivity index (χ2n) is 5.67. The molecule has 0 spiro atoms. The number of halogens is 3. The zero-order valence-electron chi connectivity index (χ0n) is 14.4. The Hall–Kier alpha value is -2.15. The zero-order valence-corrected chi connectivity index (χ0v) is 14.4. The Kier molecular flexibility index (Phi) is 6.36. The first kappa shape index (κ1) is 19.2. The predicted octanol–water partition coefficient (Wildman–Crippen LogP) is 4.78. The van der Waals surface area contributed by atoms with E-state index in [9.17, 15) is 13.2 Å². The minimum Gasteiger partial charge on any atom is -0.490 e. The lowest BCUT2D eigenvalue weighted by Crippen LogP contribution is -2.20. The molecule has 138 valence electrons. The molecule has 0 saturated heterocycles. The average Bonchev–Trinajstić information content (AvgIpc) is 2.98. The van der Waals surface area contributed by atoms with Crippen molar-refractivity contribution in [3.8, 4) is 11.5 Å².